The van der Waals surface area contributed by atoms with E-state index in [1.54, 1.807) is 15.5 Å². The van der Waals surface area contributed by atoms with E-state index in [0.29, 0.717) is 19.6 Å². The number of amides is 3. The number of piperidine rings is 1. The fourth-order valence-electron chi connectivity index (χ4n) is 5.36. The third-order valence-corrected chi connectivity index (χ3v) is 7.12. The van der Waals surface area contributed by atoms with Crippen LogP contribution in [0.2, 0.25) is 0 Å². The minimum atomic E-state index is -4.55. The van der Waals surface area contributed by atoms with E-state index in [9.17, 15) is 27.6 Å². The second-order valence-electron chi connectivity index (χ2n) is 9.86. The molecule has 1 fully saturated rings. The van der Waals surface area contributed by atoms with Crippen molar-refractivity contribution in [3.63, 3.8) is 0 Å². The predicted molar refractivity (Wildman–Crippen MR) is 136 cm³/mol. The lowest BCUT2D eigenvalue weighted by atomic mass is 9.83. The predicted octanol–water partition coefficient (Wildman–Crippen LogP) is 4.25. The van der Waals surface area contributed by atoms with Gasteiger partial charge in [0.05, 0.1) is 5.56 Å². The largest absolute Gasteiger partial charge is 0.416 e. The minimum absolute atomic E-state index is 0.00770. The fraction of sp³-hybridized carbons (Fsp3) is 0.321. The summed E-state index contributed by atoms with van der Waals surface area (Å²) in [5.74, 6) is -0.497. The van der Waals surface area contributed by atoms with Crippen LogP contribution < -0.4 is 16.2 Å². The number of benzene rings is 2. The molecule has 0 spiro atoms. The van der Waals surface area contributed by atoms with E-state index in [-0.39, 0.29) is 29.5 Å². The van der Waals surface area contributed by atoms with Crippen molar-refractivity contribution in [2.45, 2.75) is 37.5 Å². The number of fused-ring (bicyclic) bond motifs is 4. The molecule has 198 valence electrons. The van der Waals surface area contributed by atoms with E-state index in [4.69, 9.17) is 0 Å². The normalized spacial score (nSPS) is 19.3. The first-order chi connectivity index (χ1) is 18.2. The van der Waals surface area contributed by atoms with Crippen LogP contribution in [0.5, 0.6) is 0 Å². The number of hydrogen-bond acceptors (Lipinski definition) is 3. The van der Waals surface area contributed by atoms with Gasteiger partial charge in [0, 0.05) is 49.4 Å². The molecule has 2 aromatic carbocycles. The van der Waals surface area contributed by atoms with E-state index in [1.807, 2.05) is 36.4 Å². The Labute approximate surface area is 217 Å². The number of nitrogens with one attached hydrogen (secondary N) is 2. The van der Waals surface area contributed by atoms with Gasteiger partial charge in [-0.15, -0.1) is 0 Å². The quantitative estimate of drug-likeness (QED) is 0.524. The average Bonchev–Trinajstić information content (AvgIpc) is 2.89. The van der Waals surface area contributed by atoms with Crippen LogP contribution in [0, 0.1) is 5.92 Å². The summed E-state index contributed by atoms with van der Waals surface area (Å²) in [4.78, 5) is 40.6. The van der Waals surface area contributed by atoms with Crippen LogP contribution in [-0.4, -0.2) is 40.5 Å². The Morgan fingerprint density at radius 3 is 2.47 bits per heavy atom. The van der Waals surface area contributed by atoms with Crippen LogP contribution in [0.3, 0.4) is 0 Å². The molecule has 2 aliphatic heterocycles. The number of halogens is 3. The first-order valence-electron chi connectivity index (χ1n) is 12.4. The first kappa shape index (κ1) is 25.6. The molecule has 2 aliphatic rings. The third kappa shape index (κ3) is 5.58. The van der Waals surface area contributed by atoms with Crippen molar-refractivity contribution in [1.29, 1.82) is 0 Å². The number of nitrogens with zero attached hydrogens (tertiary/aromatic N) is 2. The van der Waals surface area contributed by atoms with Gasteiger partial charge in [-0.3, -0.25) is 9.59 Å². The van der Waals surface area contributed by atoms with Crippen LogP contribution in [-0.2, 0) is 23.9 Å². The van der Waals surface area contributed by atoms with Gasteiger partial charge in [0.25, 0.3) is 5.56 Å². The molecule has 5 rings (SSSR count). The maximum atomic E-state index is 13.4. The van der Waals surface area contributed by atoms with E-state index >= 15 is 0 Å². The molecule has 0 aliphatic carbocycles. The standard InChI is InChI=1S/C28H27F3N4O3/c29-28(30,31)21-8-4-9-22(14-21)32-26(37)23(13-18-6-2-1-3-7-18)33-27(38)34-15-19-12-20(17-34)24-10-5-11-25(36)35(24)16-19/h1-11,14,19-20,23H,12-13,15-17H2,(H,32,37)(H,33,38)/t19-,20+,23-/m0/s1. The van der Waals surface area contributed by atoms with Gasteiger partial charge in [-0.1, -0.05) is 42.5 Å². The number of aromatic nitrogens is 1. The van der Waals surface area contributed by atoms with Gasteiger partial charge >= 0.3 is 12.2 Å². The van der Waals surface area contributed by atoms with Gasteiger partial charge in [0.2, 0.25) is 5.91 Å². The van der Waals surface area contributed by atoms with Crippen molar-refractivity contribution in [3.8, 4) is 0 Å². The zero-order valence-electron chi connectivity index (χ0n) is 20.4. The van der Waals surface area contributed by atoms with Crippen molar-refractivity contribution < 1.29 is 22.8 Å². The summed E-state index contributed by atoms with van der Waals surface area (Å²) in [7, 11) is 0. The maximum Gasteiger partial charge on any atom is 0.416 e. The Balaban J connectivity index is 1.33. The van der Waals surface area contributed by atoms with E-state index in [1.165, 1.54) is 18.2 Å². The highest BCUT2D eigenvalue weighted by Crippen LogP contribution is 2.35. The third-order valence-electron chi connectivity index (χ3n) is 7.12. The smallest absolute Gasteiger partial charge is 0.326 e. The van der Waals surface area contributed by atoms with Gasteiger partial charge in [-0.25, -0.2) is 4.79 Å². The molecule has 3 heterocycles. The van der Waals surface area contributed by atoms with Crippen LogP contribution in [0.15, 0.2) is 77.6 Å². The summed E-state index contributed by atoms with van der Waals surface area (Å²) >= 11 is 0. The lowest BCUT2D eigenvalue weighted by Crippen LogP contribution is -2.55. The number of carbonyl (C=O) groups is 2. The lowest BCUT2D eigenvalue weighted by Gasteiger charge is -2.43. The van der Waals surface area contributed by atoms with Crippen molar-refractivity contribution >= 4 is 17.6 Å². The summed E-state index contributed by atoms with van der Waals surface area (Å²) in [6.45, 7) is 1.37. The average molecular weight is 525 g/mol. The van der Waals surface area contributed by atoms with Gasteiger partial charge in [0.15, 0.2) is 0 Å². The first-order valence-corrected chi connectivity index (χ1v) is 12.4. The highest BCUT2D eigenvalue weighted by Gasteiger charge is 2.37. The summed E-state index contributed by atoms with van der Waals surface area (Å²) in [6.07, 6.45) is -3.51. The molecule has 10 heteroatoms. The SMILES string of the molecule is O=C(Nc1cccc(C(F)(F)F)c1)[C@H](Cc1ccccc1)NC(=O)N1C[C@@H]2C[C@H](C1)c1cccc(=O)n1C2. The molecule has 3 aromatic rings. The van der Waals surface area contributed by atoms with Crippen molar-refractivity contribution in [1.82, 2.24) is 14.8 Å². The van der Waals surface area contributed by atoms with Crippen molar-refractivity contribution in [2.24, 2.45) is 5.92 Å². The number of pyridine rings is 1. The van der Waals surface area contributed by atoms with Crippen LogP contribution in [0.4, 0.5) is 23.7 Å². The van der Waals surface area contributed by atoms with Crippen molar-refractivity contribution in [2.75, 3.05) is 18.4 Å². The summed E-state index contributed by atoms with van der Waals surface area (Å²) in [5.41, 5.74) is 0.754. The lowest BCUT2D eigenvalue weighted by molar-refractivity contribution is -0.137. The molecule has 0 unspecified atom stereocenters. The van der Waals surface area contributed by atoms with Crippen LogP contribution >= 0.6 is 0 Å². The molecule has 3 amide bonds. The number of urea groups is 1. The molecule has 1 aromatic heterocycles. The Hall–Kier alpha value is -4.08. The number of rotatable bonds is 5. The Morgan fingerprint density at radius 1 is 0.947 bits per heavy atom. The molecular formula is C28H27F3N4O3. The van der Waals surface area contributed by atoms with Crippen molar-refractivity contribution in [3.05, 3.63) is 100.0 Å². The monoisotopic (exact) mass is 524 g/mol. The molecule has 2 bridgehead atoms. The summed E-state index contributed by atoms with van der Waals surface area (Å²) in [6, 6.07) is 17.2. The molecule has 1 saturated heterocycles. The maximum absolute atomic E-state index is 13.4. The number of alkyl halides is 3. The Bertz CT molecular complexity index is 1390. The van der Waals surface area contributed by atoms with E-state index < -0.39 is 29.7 Å². The second-order valence-corrected chi connectivity index (χ2v) is 9.86. The number of carbonyl (C=O) groups excluding carboxylic acids is 2. The summed E-state index contributed by atoms with van der Waals surface area (Å²) in [5, 5.41) is 5.34. The topological polar surface area (TPSA) is 83.4 Å². The molecule has 7 nitrogen and oxygen atoms in total. The fourth-order valence-corrected chi connectivity index (χ4v) is 5.36. The number of likely N-dealkylation sites (tertiary alicyclic amines) is 1. The zero-order valence-corrected chi connectivity index (χ0v) is 20.4. The highest BCUT2D eigenvalue weighted by molar-refractivity contribution is 5.97. The minimum Gasteiger partial charge on any atom is -0.326 e. The molecule has 2 N–H and O–H groups in total. The molecule has 3 atom stereocenters. The number of hydrogen-bond donors (Lipinski definition) is 2. The Kier molecular flexibility index (Phi) is 6.96. The summed E-state index contributed by atoms with van der Waals surface area (Å²) < 4.78 is 41.2. The molecule has 0 radical (unpaired) electrons. The zero-order chi connectivity index (χ0) is 26.9. The Morgan fingerprint density at radius 2 is 1.71 bits per heavy atom. The van der Waals surface area contributed by atoms with E-state index in [0.717, 1.165) is 29.8 Å². The number of anilines is 1. The van der Waals surface area contributed by atoms with Gasteiger partial charge < -0.3 is 20.1 Å². The molecule has 0 saturated carbocycles. The van der Waals surface area contributed by atoms with Gasteiger partial charge in [0.1, 0.15) is 6.04 Å². The highest BCUT2D eigenvalue weighted by atomic mass is 19.4. The van der Waals surface area contributed by atoms with Gasteiger partial charge in [-0.2, -0.15) is 13.2 Å². The van der Waals surface area contributed by atoms with Crippen LogP contribution in [0.25, 0.3) is 0 Å². The molecular weight excluding hydrogens is 497 g/mol. The second kappa shape index (κ2) is 10.4. The van der Waals surface area contributed by atoms with Crippen LogP contribution in [0.1, 0.15) is 29.2 Å². The van der Waals surface area contributed by atoms with Gasteiger partial charge in [-0.05, 0) is 42.2 Å². The molecule has 38 heavy (non-hydrogen) atoms. The van der Waals surface area contributed by atoms with E-state index in [2.05, 4.69) is 10.6 Å².